The summed E-state index contributed by atoms with van der Waals surface area (Å²) in [7, 11) is 0. The van der Waals surface area contributed by atoms with Crippen LogP contribution in [0, 0.1) is 0 Å². The molecule has 2 N–H and O–H groups in total. The number of carbonyl (C=O) groups is 1. The first kappa shape index (κ1) is 19.1. The number of rotatable bonds is 2. The molecule has 1 aliphatic rings. The van der Waals surface area contributed by atoms with Crippen molar-refractivity contribution >= 4 is 5.97 Å². The van der Waals surface area contributed by atoms with Gasteiger partial charge in [-0.15, -0.1) is 13.2 Å². The molecule has 1 aromatic rings. The van der Waals surface area contributed by atoms with Crippen LogP contribution in [0.2, 0.25) is 0 Å². The van der Waals surface area contributed by atoms with Gasteiger partial charge in [0.2, 0.25) is 0 Å². The van der Waals surface area contributed by atoms with Gasteiger partial charge >= 0.3 is 18.5 Å². The fourth-order valence-electron chi connectivity index (χ4n) is 1.88. The molecule has 10 heteroatoms. The lowest BCUT2D eigenvalue weighted by Gasteiger charge is -2.11. The average molecular weight is 345 g/mol. The Morgan fingerprint density at radius 2 is 1.65 bits per heavy atom. The maximum atomic E-state index is 11.9. The minimum Gasteiger partial charge on any atom is -0.475 e. The van der Waals surface area contributed by atoms with Crippen LogP contribution in [0.5, 0.6) is 5.75 Å². The molecule has 0 radical (unpaired) electrons. The summed E-state index contributed by atoms with van der Waals surface area (Å²) < 4.78 is 71.3. The molecule has 1 fully saturated rings. The molecule has 1 atom stereocenters. The third kappa shape index (κ3) is 7.22. The Morgan fingerprint density at radius 1 is 1.13 bits per heavy atom. The van der Waals surface area contributed by atoms with E-state index in [0.29, 0.717) is 5.92 Å². The van der Waals surface area contributed by atoms with Crippen LogP contribution in [0.15, 0.2) is 24.3 Å². The summed E-state index contributed by atoms with van der Waals surface area (Å²) in [5, 5.41) is 10.3. The highest BCUT2D eigenvalue weighted by Crippen LogP contribution is 2.27. The monoisotopic (exact) mass is 345 g/mol. The highest BCUT2D eigenvalue weighted by molar-refractivity contribution is 5.73. The lowest BCUT2D eigenvalue weighted by Crippen LogP contribution is -2.21. The predicted molar refractivity (Wildman–Crippen MR) is 67.0 cm³/mol. The Labute approximate surface area is 127 Å². The second kappa shape index (κ2) is 7.53. The van der Waals surface area contributed by atoms with Crippen LogP contribution in [0.25, 0.3) is 0 Å². The first-order valence-electron chi connectivity index (χ1n) is 6.35. The van der Waals surface area contributed by atoms with E-state index in [1.54, 1.807) is 12.1 Å². The molecule has 0 bridgehead atoms. The van der Waals surface area contributed by atoms with Gasteiger partial charge in [0.1, 0.15) is 5.75 Å². The second-order valence-electron chi connectivity index (χ2n) is 4.61. The molecule has 1 heterocycles. The Balaban J connectivity index is 0.000000322. The maximum absolute atomic E-state index is 11.9. The number of alkyl halides is 6. The molecule has 0 amide bonds. The SMILES string of the molecule is FC(F)(F)Oc1ccc(C2CCNC2)cc1.O=C(O)C(F)(F)F. The van der Waals surface area contributed by atoms with E-state index in [-0.39, 0.29) is 5.75 Å². The Kier molecular flexibility index (Phi) is 6.25. The number of hydrogen-bond acceptors (Lipinski definition) is 3. The number of ether oxygens (including phenoxy) is 1. The summed E-state index contributed by atoms with van der Waals surface area (Å²) >= 11 is 0. The van der Waals surface area contributed by atoms with Crippen molar-refractivity contribution in [3.63, 3.8) is 0 Å². The van der Waals surface area contributed by atoms with Gasteiger partial charge in [0.05, 0.1) is 0 Å². The molecule has 1 aliphatic heterocycles. The maximum Gasteiger partial charge on any atom is 0.573 e. The Morgan fingerprint density at radius 3 is 2.00 bits per heavy atom. The van der Waals surface area contributed by atoms with Crippen molar-refractivity contribution in [2.24, 2.45) is 0 Å². The van der Waals surface area contributed by atoms with Gasteiger partial charge in [-0.25, -0.2) is 4.79 Å². The van der Waals surface area contributed by atoms with Crippen LogP contribution in [0.4, 0.5) is 26.3 Å². The van der Waals surface area contributed by atoms with E-state index in [9.17, 15) is 26.3 Å². The summed E-state index contributed by atoms with van der Waals surface area (Å²) in [6.07, 6.45) is -8.67. The van der Waals surface area contributed by atoms with E-state index >= 15 is 0 Å². The van der Waals surface area contributed by atoms with Crippen molar-refractivity contribution < 1.29 is 41.0 Å². The average Bonchev–Trinajstić information content (AvgIpc) is 2.91. The fourth-order valence-corrected chi connectivity index (χ4v) is 1.88. The van der Waals surface area contributed by atoms with Gasteiger partial charge in [-0.3, -0.25) is 0 Å². The Hall–Kier alpha value is -1.97. The molecule has 0 spiro atoms. The molecule has 1 aromatic carbocycles. The van der Waals surface area contributed by atoms with Gasteiger partial charge < -0.3 is 15.2 Å². The standard InChI is InChI=1S/C11H12F3NO.C2HF3O2/c12-11(13,14)16-10-3-1-8(2-4-10)9-5-6-15-7-9;3-2(4,5)1(6)7/h1-4,9,15H,5-7H2;(H,6,7). The highest BCUT2D eigenvalue weighted by Gasteiger charge is 2.38. The predicted octanol–water partition coefficient (Wildman–Crippen LogP) is 3.30. The first-order valence-corrected chi connectivity index (χ1v) is 6.35. The number of carboxylic acids is 1. The smallest absolute Gasteiger partial charge is 0.475 e. The van der Waals surface area contributed by atoms with Gasteiger partial charge in [0.25, 0.3) is 0 Å². The van der Waals surface area contributed by atoms with Gasteiger partial charge in [0.15, 0.2) is 0 Å². The van der Waals surface area contributed by atoms with E-state index in [1.165, 1.54) is 12.1 Å². The van der Waals surface area contributed by atoms with Gasteiger partial charge in [-0.1, -0.05) is 12.1 Å². The molecule has 130 valence electrons. The van der Waals surface area contributed by atoms with Crippen LogP contribution in [0.3, 0.4) is 0 Å². The van der Waals surface area contributed by atoms with Crippen LogP contribution in [0.1, 0.15) is 17.9 Å². The molecule has 4 nitrogen and oxygen atoms in total. The quantitative estimate of drug-likeness (QED) is 0.808. The zero-order valence-electron chi connectivity index (χ0n) is 11.5. The van der Waals surface area contributed by atoms with E-state index < -0.39 is 18.5 Å². The van der Waals surface area contributed by atoms with Gasteiger partial charge in [-0.05, 0) is 36.6 Å². The summed E-state index contributed by atoms with van der Waals surface area (Å²) in [4.78, 5) is 8.90. The minimum absolute atomic E-state index is 0.165. The zero-order chi connectivity index (χ0) is 17.7. The van der Waals surface area contributed by atoms with Crippen LogP contribution >= 0.6 is 0 Å². The lowest BCUT2D eigenvalue weighted by atomic mass is 9.99. The van der Waals surface area contributed by atoms with Crippen molar-refractivity contribution in [3.05, 3.63) is 29.8 Å². The molecule has 2 rings (SSSR count). The third-order valence-corrected chi connectivity index (χ3v) is 2.89. The van der Waals surface area contributed by atoms with Crippen LogP contribution in [-0.4, -0.2) is 36.7 Å². The van der Waals surface area contributed by atoms with Crippen LogP contribution in [-0.2, 0) is 4.79 Å². The summed E-state index contributed by atoms with van der Waals surface area (Å²) in [6, 6.07) is 6.11. The lowest BCUT2D eigenvalue weighted by molar-refractivity contribution is -0.274. The second-order valence-corrected chi connectivity index (χ2v) is 4.61. The van der Waals surface area contributed by atoms with Gasteiger partial charge in [-0.2, -0.15) is 13.2 Å². The molecular weight excluding hydrogens is 332 g/mol. The number of aliphatic carboxylic acids is 1. The van der Waals surface area contributed by atoms with E-state index in [1.807, 2.05) is 0 Å². The summed E-state index contributed by atoms with van der Waals surface area (Å²) in [5.74, 6) is -2.52. The number of hydrogen-bond donors (Lipinski definition) is 2. The normalized spacial score (nSPS) is 18.1. The highest BCUT2D eigenvalue weighted by atomic mass is 19.4. The van der Waals surface area contributed by atoms with E-state index in [2.05, 4.69) is 10.1 Å². The Bertz CT molecular complexity index is 506. The topological polar surface area (TPSA) is 58.6 Å². The van der Waals surface area contributed by atoms with Crippen LogP contribution < -0.4 is 10.1 Å². The molecule has 0 saturated carbocycles. The molecular formula is C13H13F6NO3. The van der Waals surface area contributed by atoms with Crippen molar-refractivity contribution in [3.8, 4) is 5.75 Å². The first-order chi connectivity index (χ1) is 10.5. The molecule has 0 aromatic heterocycles. The minimum atomic E-state index is -5.08. The number of halogens is 6. The molecule has 0 aliphatic carbocycles. The van der Waals surface area contributed by atoms with Crippen molar-refractivity contribution in [2.75, 3.05) is 13.1 Å². The largest absolute Gasteiger partial charge is 0.573 e. The summed E-state index contributed by atoms with van der Waals surface area (Å²) in [5.41, 5.74) is 1.06. The number of nitrogens with one attached hydrogen (secondary N) is 1. The van der Waals surface area contributed by atoms with Crippen molar-refractivity contribution in [2.45, 2.75) is 24.9 Å². The van der Waals surface area contributed by atoms with Gasteiger partial charge in [0, 0.05) is 6.54 Å². The molecule has 23 heavy (non-hydrogen) atoms. The van der Waals surface area contributed by atoms with E-state index in [0.717, 1.165) is 25.1 Å². The van der Waals surface area contributed by atoms with Crippen molar-refractivity contribution in [1.29, 1.82) is 0 Å². The van der Waals surface area contributed by atoms with Crippen molar-refractivity contribution in [1.82, 2.24) is 5.32 Å². The van der Waals surface area contributed by atoms with E-state index in [4.69, 9.17) is 9.90 Å². The fraction of sp³-hybridized carbons (Fsp3) is 0.462. The third-order valence-electron chi connectivity index (χ3n) is 2.89. The zero-order valence-corrected chi connectivity index (χ0v) is 11.5. The molecule has 1 unspecified atom stereocenters. The number of carboxylic acid groups (broad SMARTS) is 1. The summed E-state index contributed by atoms with van der Waals surface area (Å²) in [6.45, 7) is 1.85. The molecule has 1 saturated heterocycles. The number of benzene rings is 1.